The van der Waals surface area contributed by atoms with E-state index in [9.17, 15) is 4.79 Å². The van der Waals surface area contributed by atoms with Crippen LogP contribution in [0.4, 0.5) is 4.79 Å². The van der Waals surface area contributed by atoms with Gasteiger partial charge in [0.25, 0.3) is 0 Å². The van der Waals surface area contributed by atoms with Gasteiger partial charge in [0.2, 0.25) is 5.88 Å². The lowest BCUT2D eigenvalue weighted by atomic mass is 10.2. The van der Waals surface area contributed by atoms with Gasteiger partial charge in [-0.05, 0) is 55.6 Å². The minimum atomic E-state index is -0.474. The molecule has 0 spiro atoms. The molecule has 0 saturated carbocycles. The van der Waals surface area contributed by atoms with Gasteiger partial charge in [-0.1, -0.05) is 0 Å². The maximum absolute atomic E-state index is 12.2. The van der Waals surface area contributed by atoms with E-state index >= 15 is 0 Å². The highest BCUT2D eigenvalue weighted by molar-refractivity contribution is 9.10. The van der Waals surface area contributed by atoms with Crippen molar-refractivity contribution in [2.24, 2.45) is 0 Å². The number of rotatable bonds is 3. The van der Waals surface area contributed by atoms with Crippen molar-refractivity contribution in [1.82, 2.24) is 9.88 Å². The number of likely N-dealkylation sites (tertiary alicyclic amines) is 1. The lowest BCUT2D eigenvalue weighted by Crippen LogP contribution is -2.42. The van der Waals surface area contributed by atoms with Crippen molar-refractivity contribution in [2.75, 3.05) is 13.2 Å². The molecule has 1 fully saturated rings. The van der Waals surface area contributed by atoms with Crippen LogP contribution in [-0.2, 0) is 4.74 Å². The quantitative estimate of drug-likeness (QED) is 0.829. The molecule has 1 amide bonds. The van der Waals surface area contributed by atoms with Crippen LogP contribution in [0, 0.1) is 0 Å². The molecule has 5 nitrogen and oxygen atoms in total. The molecule has 0 radical (unpaired) electrons. The van der Waals surface area contributed by atoms with E-state index in [1.165, 1.54) is 0 Å². The van der Waals surface area contributed by atoms with Crippen LogP contribution in [-0.4, -0.2) is 40.8 Å². The highest BCUT2D eigenvalue weighted by atomic mass is 79.9. The molecule has 0 aromatic carbocycles. The summed E-state index contributed by atoms with van der Waals surface area (Å²) in [4.78, 5) is 18.1. The number of carbonyl (C=O) groups is 1. The van der Waals surface area contributed by atoms with Crippen molar-refractivity contribution in [3.8, 4) is 5.88 Å². The van der Waals surface area contributed by atoms with Gasteiger partial charge in [0, 0.05) is 23.3 Å². The Morgan fingerprint density at radius 1 is 1.48 bits per heavy atom. The monoisotopic (exact) mass is 356 g/mol. The number of amides is 1. The normalized spacial score (nSPS) is 18.7. The van der Waals surface area contributed by atoms with E-state index in [1.807, 2.05) is 26.8 Å². The second-order valence-corrected chi connectivity index (χ2v) is 7.01. The Balaban J connectivity index is 1.90. The number of halogens is 1. The van der Waals surface area contributed by atoms with Crippen LogP contribution in [0.5, 0.6) is 5.88 Å². The molecule has 1 atom stereocenters. The smallest absolute Gasteiger partial charge is 0.410 e. The molecule has 1 saturated heterocycles. The third-order valence-electron chi connectivity index (χ3n) is 3.13. The molecular formula is C15H21BrN2O3. The summed E-state index contributed by atoms with van der Waals surface area (Å²) < 4.78 is 12.0. The van der Waals surface area contributed by atoms with Gasteiger partial charge in [0.15, 0.2) is 0 Å². The molecule has 1 aromatic rings. The van der Waals surface area contributed by atoms with Crippen LogP contribution in [0.1, 0.15) is 33.6 Å². The molecule has 0 bridgehead atoms. The van der Waals surface area contributed by atoms with Crippen molar-refractivity contribution in [3.63, 3.8) is 0 Å². The van der Waals surface area contributed by atoms with Gasteiger partial charge in [-0.15, -0.1) is 0 Å². The minimum absolute atomic E-state index is 0.0466. The van der Waals surface area contributed by atoms with E-state index < -0.39 is 5.60 Å². The van der Waals surface area contributed by atoms with Crippen molar-refractivity contribution in [1.29, 1.82) is 0 Å². The summed E-state index contributed by atoms with van der Waals surface area (Å²) in [6.45, 7) is 6.78. The Morgan fingerprint density at radius 2 is 2.24 bits per heavy atom. The number of ether oxygens (including phenoxy) is 2. The first-order valence-electron chi connectivity index (χ1n) is 7.09. The number of hydrogen-bond acceptors (Lipinski definition) is 4. The molecule has 21 heavy (non-hydrogen) atoms. The molecule has 0 N–H and O–H groups in total. The summed E-state index contributed by atoms with van der Waals surface area (Å²) in [6.07, 6.45) is 3.32. The molecule has 2 rings (SSSR count). The molecule has 1 unspecified atom stereocenters. The molecular weight excluding hydrogens is 336 g/mol. The van der Waals surface area contributed by atoms with Crippen LogP contribution < -0.4 is 4.74 Å². The highest BCUT2D eigenvalue weighted by Crippen LogP contribution is 2.22. The lowest BCUT2D eigenvalue weighted by Gasteiger charge is -2.28. The molecule has 1 aliphatic rings. The summed E-state index contributed by atoms with van der Waals surface area (Å²) in [6, 6.07) is 3.73. The molecule has 1 aromatic heterocycles. The first-order chi connectivity index (χ1) is 9.85. The second kappa shape index (κ2) is 6.64. The number of carbonyl (C=O) groups excluding carboxylic acids is 1. The highest BCUT2D eigenvalue weighted by Gasteiger charge is 2.32. The van der Waals surface area contributed by atoms with Gasteiger partial charge in [-0.2, -0.15) is 0 Å². The zero-order chi connectivity index (χ0) is 15.5. The van der Waals surface area contributed by atoms with Crippen LogP contribution in [0.2, 0.25) is 0 Å². The Hall–Kier alpha value is -1.30. The summed E-state index contributed by atoms with van der Waals surface area (Å²) in [7, 11) is 0. The third kappa shape index (κ3) is 4.88. The average molecular weight is 357 g/mol. The van der Waals surface area contributed by atoms with Crippen molar-refractivity contribution < 1.29 is 14.3 Å². The standard InChI is InChI=1S/C15H21BrN2O3/c1-15(2,3)21-14(19)18-8-4-5-12(18)10-20-13-7-6-11(16)9-17-13/h6-7,9,12H,4-5,8,10H2,1-3H3. The maximum Gasteiger partial charge on any atom is 0.410 e. The van der Waals surface area contributed by atoms with E-state index in [2.05, 4.69) is 20.9 Å². The number of hydrogen-bond donors (Lipinski definition) is 0. The van der Waals surface area contributed by atoms with Crippen LogP contribution in [0.25, 0.3) is 0 Å². The maximum atomic E-state index is 12.2. The van der Waals surface area contributed by atoms with Crippen LogP contribution in [0.15, 0.2) is 22.8 Å². The van der Waals surface area contributed by atoms with Crippen molar-refractivity contribution in [2.45, 2.75) is 45.3 Å². The Morgan fingerprint density at radius 3 is 2.86 bits per heavy atom. The third-order valence-corrected chi connectivity index (χ3v) is 3.60. The van der Waals surface area contributed by atoms with E-state index in [0.717, 1.165) is 23.9 Å². The Bertz CT molecular complexity index is 485. The second-order valence-electron chi connectivity index (χ2n) is 6.10. The first kappa shape index (κ1) is 16.1. The predicted molar refractivity (Wildman–Crippen MR) is 83.4 cm³/mol. The predicted octanol–water partition coefficient (Wildman–Crippen LogP) is 3.62. The summed E-state index contributed by atoms with van der Waals surface area (Å²) in [5.41, 5.74) is -0.474. The Kier molecular flexibility index (Phi) is 5.08. The molecule has 2 heterocycles. The van der Waals surface area contributed by atoms with Gasteiger partial charge < -0.3 is 14.4 Å². The van der Waals surface area contributed by atoms with Gasteiger partial charge >= 0.3 is 6.09 Å². The zero-order valence-electron chi connectivity index (χ0n) is 12.6. The van der Waals surface area contributed by atoms with E-state index in [-0.39, 0.29) is 12.1 Å². The summed E-state index contributed by atoms with van der Waals surface area (Å²) in [5, 5.41) is 0. The molecule has 6 heteroatoms. The number of pyridine rings is 1. The van der Waals surface area contributed by atoms with E-state index in [1.54, 1.807) is 17.2 Å². The van der Waals surface area contributed by atoms with Crippen LogP contribution in [0.3, 0.4) is 0 Å². The fourth-order valence-corrected chi connectivity index (χ4v) is 2.43. The van der Waals surface area contributed by atoms with Crippen molar-refractivity contribution >= 4 is 22.0 Å². The van der Waals surface area contributed by atoms with Crippen LogP contribution >= 0.6 is 15.9 Å². The summed E-state index contributed by atoms with van der Waals surface area (Å²) in [5.74, 6) is 0.564. The first-order valence-corrected chi connectivity index (χ1v) is 7.88. The lowest BCUT2D eigenvalue weighted by molar-refractivity contribution is 0.0186. The zero-order valence-corrected chi connectivity index (χ0v) is 14.2. The van der Waals surface area contributed by atoms with Gasteiger partial charge in [-0.25, -0.2) is 9.78 Å². The Labute approximate surface area is 133 Å². The van der Waals surface area contributed by atoms with Gasteiger partial charge in [-0.3, -0.25) is 0 Å². The topological polar surface area (TPSA) is 51.7 Å². The summed E-state index contributed by atoms with van der Waals surface area (Å²) >= 11 is 3.33. The number of aromatic nitrogens is 1. The fraction of sp³-hybridized carbons (Fsp3) is 0.600. The largest absolute Gasteiger partial charge is 0.475 e. The molecule has 1 aliphatic heterocycles. The van der Waals surface area contributed by atoms with E-state index in [4.69, 9.17) is 9.47 Å². The average Bonchev–Trinajstić information content (AvgIpc) is 2.84. The fourth-order valence-electron chi connectivity index (χ4n) is 2.20. The van der Waals surface area contributed by atoms with Crippen molar-refractivity contribution in [3.05, 3.63) is 22.8 Å². The number of nitrogens with zero attached hydrogens (tertiary/aromatic N) is 2. The van der Waals surface area contributed by atoms with E-state index in [0.29, 0.717) is 12.5 Å². The molecule has 0 aliphatic carbocycles. The van der Waals surface area contributed by atoms with Gasteiger partial charge in [0.05, 0.1) is 6.04 Å². The molecule has 116 valence electrons. The minimum Gasteiger partial charge on any atom is -0.475 e. The SMILES string of the molecule is CC(C)(C)OC(=O)N1CCCC1COc1ccc(Br)cn1. The van der Waals surface area contributed by atoms with Gasteiger partial charge in [0.1, 0.15) is 12.2 Å².